The number of amides is 1. The number of aliphatic hydroxyl groups is 1. The number of carbonyl (C=O) groups excluding carboxylic acids is 1. The van der Waals surface area contributed by atoms with Gasteiger partial charge >= 0.3 is 0 Å². The summed E-state index contributed by atoms with van der Waals surface area (Å²) in [5.41, 5.74) is 6.54. The molecule has 1 amide bonds. The van der Waals surface area contributed by atoms with E-state index in [1.54, 1.807) is 11.9 Å². The Kier molecular flexibility index (Phi) is 3.33. The molecule has 1 fully saturated rings. The molecule has 2 rings (SSSR count). The minimum absolute atomic E-state index is 0.0278. The molecule has 0 spiro atoms. The van der Waals surface area contributed by atoms with Crippen LogP contribution in [0.15, 0.2) is 6.20 Å². The van der Waals surface area contributed by atoms with E-state index in [1.165, 1.54) is 10.9 Å². The van der Waals surface area contributed by atoms with Crippen LogP contribution in [0, 0.1) is 0 Å². The minimum Gasteiger partial charge on any atom is -0.396 e. The summed E-state index contributed by atoms with van der Waals surface area (Å²) in [6.45, 7) is 0.327. The van der Waals surface area contributed by atoms with Crippen LogP contribution in [0.25, 0.3) is 0 Å². The second kappa shape index (κ2) is 4.75. The van der Waals surface area contributed by atoms with Crippen molar-refractivity contribution >= 4 is 11.6 Å². The van der Waals surface area contributed by atoms with Gasteiger partial charge in [0.05, 0.1) is 18.5 Å². The highest BCUT2D eigenvalue weighted by Gasteiger charge is 2.31. The number of nitrogens with zero attached hydrogens (tertiary/aromatic N) is 3. The summed E-state index contributed by atoms with van der Waals surface area (Å²) in [6, 6.07) is 0.240. The lowest BCUT2D eigenvalue weighted by Crippen LogP contribution is -2.46. The molecule has 1 aliphatic carbocycles. The van der Waals surface area contributed by atoms with E-state index < -0.39 is 0 Å². The average molecular weight is 238 g/mol. The molecule has 0 aliphatic heterocycles. The molecule has 6 nitrogen and oxygen atoms in total. The van der Waals surface area contributed by atoms with Crippen molar-refractivity contribution in [2.24, 2.45) is 7.05 Å². The second-order valence-corrected chi connectivity index (χ2v) is 4.38. The molecule has 0 atom stereocenters. The second-order valence-electron chi connectivity index (χ2n) is 4.38. The zero-order valence-corrected chi connectivity index (χ0v) is 9.96. The van der Waals surface area contributed by atoms with Gasteiger partial charge < -0.3 is 15.7 Å². The number of nitrogens with two attached hydrogens (primary N) is 1. The first kappa shape index (κ1) is 11.9. The monoisotopic (exact) mass is 238 g/mol. The fourth-order valence-electron chi connectivity index (χ4n) is 2.11. The van der Waals surface area contributed by atoms with Crippen molar-refractivity contribution in [3.63, 3.8) is 0 Å². The molecule has 0 radical (unpaired) electrons. The van der Waals surface area contributed by atoms with Crippen molar-refractivity contribution in [3.8, 4) is 0 Å². The van der Waals surface area contributed by atoms with Gasteiger partial charge in [-0.25, -0.2) is 0 Å². The zero-order chi connectivity index (χ0) is 12.4. The average Bonchev–Trinajstić information content (AvgIpc) is 2.54. The van der Waals surface area contributed by atoms with Crippen molar-refractivity contribution in [1.82, 2.24) is 14.7 Å². The third-order valence-electron chi connectivity index (χ3n) is 3.29. The van der Waals surface area contributed by atoms with E-state index in [2.05, 4.69) is 5.10 Å². The molecule has 94 valence electrons. The van der Waals surface area contributed by atoms with Gasteiger partial charge in [0.1, 0.15) is 5.69 Å². The van der Waals surface area contributed by atoms with Crippen LogP contribution in [0.1, 0.15) is 29.8 Å². The van der Waals surface area contributed by atoms with Gasteiger partial charge in [-0.2, -0.15) is 5.10 Å². The number of carbonyl (C=O) groups is 1. The van der Waals surface area contributed by atoms with Gasteiger partial charge in [0.25, 0.3) is 5.91 Å². The third kappa shape index (κ3) is 2.12. The topological polar surface area (TPSA) is 84.4 Å². The van der Waals surface area contributed by atoms with E-state index in [0.29, 0.717) is 17.9 Å². The number of hydrogen-bond donors (Lipinski definition) is 2. The van der Waals surface area contributed by atoms with Crippen molar-refractivity contribution in [1.29, 1.82) is 0 Å². The maximum Gasteiger partial charge on any atom is 0.274 e. The summed E-state index contributed by atoms with van der Waals surface area (Å²) in [5.74, 6) is -0.138. The number of aromatic nitrogens is 2. The number of nitrogen functional groups attached to an aromatic ring is 1. The van der Waals surface area contributed by atoms with Gasteiger partial charge in [-0.1, -0.05) is 0 Å². The summed E-state index contributed by atoms with van der Waals surface area (Å²) in [6.07, 6.45) is 4.62. The maximum absolute atomic E-state index is 12.3. The Bertz CT molecular complexity index is 392. The molecule has 0 saturated heterocycles. The Hall–Kier alpha value is -1.56. The molecule has 0 aromatic carbocycles. The minimum atomic E-state index is -0.138. The van der Waals surface area contributed by atoms with Gasteiger partial charge in [-0.05, 0) is 19.3 Å². The Balaban J connectivity index is 2.21. The third-order valence-corrected chi connectivity index (χ3v) is 3.29. The Morgan fingerprint density at radius 3 is 2.82 bits per heavy atom. The van der Waals surface area contributed by atoms with E-state index >= 15 is 0 Å². The lowest BCUT2D eigenvalue weighted by Gasteiger charge is -2.37. The Morgan fingerprint density at radius 1 is 1.71 bits per heavy atom. The summed E-state index contributed by atoms with van der Waals surface area (Å²) < 4.78 is 1.49. The lowest BCUT2D eigenvalue weighted by molar-refractivity contribution is 0.0516. The van der Waals surface area contributed by atoms with E-state index in [4.69, 9.17) is 10.8 Å². The van der Waals surface area contributed by atoms with Gasteiger partial charge in [-0.3, -0.25) is 9.48 Å². The maximum atomic E-state index is 12.3. The van der Waals surface area contributed by atoms with E-state index in [-0.39, 0.29) is 18.6 Å². The largest absolute Gasteiger partial charge is 0.396 e. The quantitative estimate of drug-likeness (QED) is 0.772. The number of aliphatic hydroxyl groups excluding tert-OH is 1. The highest BCUT2D eigenvalue weighted by Crippen LogP contribution is 2.26. The van der Waals surface area contributed by atoms with Crippen molar-refractivity contribution < 1.29 is 9.90 Å². The van der Waals surface area contributed by atoms with Crippen LogP contribution in [0.2, 0.25) is 0 Å². The smallest absolute Gasteiger partial charge is 0.274 e. The Labute approximate surface area is 100 Å². The molecule has 1 saturated carbocycles. The number of anilines is 1. The molecule has 3 N–H and O–H groups in total. The SMILES string of the molecule is Cn1ncc(N)c1C(=O)N(CCO)C1CCC1. The van der Waals surface area contributed by atoms with Gasteiger partial charge in [0, 0.05) is 19.6 Å². The first-order valence-corrected chi connectivity index (χ1v) is 5.84. The molecule has 17 heavy (non-hydrogen) atoms. The normalized spacial score (nSPS) is 15.6. The zero-order valence-electron chi connectivity index (χ0n) is 9.96. The first-order valence-electron chi connectivity index (χ1n) is 5.84. The number of hydrogen-bond acceptors (Lipinski definition) is 4. The van der Waals surface area contributed by atoms with Crippen LogP contribution in [0.5, 0.6) is 0 Å². The molecule has 0 unspecified atom stereocenters. The van der Waals surface area contributed by atoms with Crippen LogP contribution in [-0.4, -0.2) is 44.9 Å². The molecule has 1 aromatic heterocycles. The van der Waals surface area contributed by atoms with Crippen LogP contribution >= 0.6 is 0 Å². The fraction of sp³-hybridized carbons (Fsp3) is 0.636. The Morgan fingerprint density at radius 2 is 2.41 bits per heavy atom. The van der Waals surface area contributed by atoms with Gasteiger partial charge in [0.15, 0.2) is 0 Å². The summed E-state index contributed by atoms with van der Waals surface area (Å²) >= 11 is 0. The molecule has 1 aromatic rings. The fourth-order valence-corrected chi connectivity index (χ4v) is 2.11. The van der Waals surface area contributed by atoms with Gasteiger partial charge in [0.2, 0.25) is 0 Å². The molecular weight excluding hydrogens is 220 g/mol. The van der Waals surface area contributed by atoms with Gasteiger partial charge in [-0.15, -0.1) is 0 Å². The van der Waals surface area contributed by atoms with Crippen molar-refractivity contribution in [3.05, 3.63) is 11.9 Å². The van der Waals surface area contributed by atoms with Crippen LogP contribution < -0.4 is 5.73 Å². The highest BCUT2D eigenvalue weighted by molar-refractivity contribution is 5.97. The van der Waals surface area contributed by atoms with E-state index in [0.717, 1.165) is 19.3 Å². The highest BCUT2D eigenvalue weighted by atomic mass is 16.3. The standard InChI is InChI=1S/C11H18N4O2/c1-14-10(9(12)7-13-14)11(17)15(5-6-16)8-3-2-4-8/h7-8,16H,2-6,12H2,1H3. The predicted molar refractivity (Wildman–Crippen MR) is 63.4 cm³/mol. The number of rotatable bonds is 4. The summed E-state index contributed by atoms with van der Waals surface area (Å²) in [5, 5.41) is 13.0. The molecule has 0 bridgehead atoms. The predicted octanol–water partition coefficient (Wildman–Crippen LogP) is -0.0107. The molecule has 6 heteroatoms. The van der Waals surface area contributed by atoms with E-state index in [9.17, 15) is 4.79 Å². The van der Waals surface area contributed by atoms with Crippen molar-refractivity contribution in [2.75, 3.05) is 18.9 Å². The van der Waals surface area contributed by atoms with Crippen LogP contribution in [0.4, 0.5) is 5.69 Å². The summed E-state index contributed by atoms with van der Waals surface area (Å²) in [4.78, 5) is 14.1. The lowest BCUT2D eigenvalue weighted by atomic mass is 9.91. The van der Waals surface area contributed by atoms with Crippen molar-refractivity contribution in [2.45, 2.75) is 25.3 Å². The molecule has 1 heterocycles. The molecule has 1 aliphatic rings. The van der Waals surface area contributed by atoms with E-state index in [1.807, 2.05) is 0 Å². The number of aryl methyl sites for hydroxylation is 1. The summed E-state index contributed by atoms with van der Waals surface area (Å²) in [7, 11) is 1.70. The first-order chi connectivity index (χ1) is 8.15. The molecular formula is C11H18N4O2. The van der Waals surface area contributed by atoms with Crippen LogP contribution in [0.3, 0.4) is 0 Å². The van der Waals surface area contributed by atoms with Crippen LogP contribution in [-0.2, 0) is 7.05 Å².